The Balaban J connectivity index is 2.01. The maximum Gasteiger partial charge on any atom is 0.128 e. The van der Waals surface area contributed by atoms with Crippen LogP contribution in [0.2, 0.25) is 5.02 Å². The lowest BCUT2D eigenvalue weighted by atomic mass is 10.3. The van der Waals surface area contributed by atoms with Crippen LogP contribution < -0.4 is 4.90 Å². The molecule has 1 saturated heterocycles. The molecule has 0 spiro atoms. The quantitative estimate of drug-likeness (QED) is 0.718. The molecule has 1 aromatic rings. The Morgan fingerprint density at radius 3 is 2.53 bits per heavy atom. The van der Waals surface area contributed by atoms with Crippen LogP contribution in [0.25, 0.3) is 0 Å². The van der Waals surface area contributed by atoms with Crippen LogP contribution >= 0.6 is 11.6 Å². The summed E-state index contributed by atoms with van der Waals surface area (Å²) in [6.45, 7) is 2.82. The van der Waals surface area contributed by atoms with Crippen LogP contribution in [0.15, 0.2) is 23.6 Å². The van der Waals surface area contributed by atoms with Crippen molar-refractivity contribution in [2.45, 2.75) is 0 Å². The molecule has 0 aliphatic carbocycles. The van der Waals surface area contributed by atoms with E-state index < -0.39 is 0 Å². The number of halogens is 1. The Hall–Kier alpha value is -1.36. The van der Waals surface area contributed by atoms with Gasteiger partial charge >= 0.3 is 0 Å². The van der Waals surface area contributed by atoms with Crippen molar-refractivity contribution in [3.8, 4) is 0 Å². The number of anilines is 1. The van der Waals surface area contributed by atoms with Gasteiger partial charge in [0.2, 0.25) is 0 Å². The van der Waals surface area contributed by atoms with Crippen molar-refractivity contribution in [3.05, 3.63) is 28.3 Å². The van der Waals surface area contributed by atoms with Gasteiger partial charge in [0.15, 0.2) is 0 Å². The minimum Gasteiger partial charge on any atom is -0.353 e. The molecule has 0 aromatic carbocycles. The van der Waals surface area contributed by atoms with Gasteiger partial charge in [-0.3, -0.25) is 5.01 Å². The number of pyridine rings is 1. The van der Waals surface area contributed by atoms with Crippen LogP contribution in [0, 0.1) is 4.91 Å². The van der Waals surface area contributed by atoms with Gasteiger partial charge in [0, 0.05) is 19.3 Å². The topological polar surface area (TPSA) is 48.8 Å². The maximum atomic E-state index is 10.3. The zero-order valence-corrected chi connectivity index (χ0v) is 8.89. The molecule has 0 amide bonds. The predicted molar refractivity (Wildman–Crippen MR) is 58.8 cm³/mol. The van der Waals surface area contributed by atoms with Gasteiger partial charge in [-0.1, -0.05) is 11.6 Å². The highest BCUT2D eigenvalue weighted by molar-refractivity contribution is 6.30. The predicted octanol–water partition coefficient (Wildman–Crippen LogP) is 1.54. The number of hydrogen-bond acceptors (Lipinski definition) is 4. The van der Waals surface area contributed by atoms with E-state index in [0.29, 0.717) is 18.1 Å². The average molecular weight is 227 g/mol. The fourth-order valence-corrected chi connectivity index (χ4v) is 1.67. The molecule has 1 fully saturated rings. The van der Waals surface area contributed by atoms with E-state index in [4.69, 9.17) is 11.6 Å². The first-order valence-electron chi connectivity index (χ1n) is 4.74. The molecule has 80 valence electrons. The Labute approximate surface area is 92.6 Å². The number of nitrogens with zero attached hydrogens (tertiary/aromatic N) is 4. The fraction of sp³-hybridized carbons (Fsp3) is 0.444. The van der Waals surface area contributed by atoms with Gasteiger partial charge in [-0.05, 0) is 12.1 Å². The smallest absolute Gasteiger partial charge is 0.128 e. The van der Waals surface area contributed by atoms with Crippen molar-refractivity contribution in [2.24, 2.45) is 5.29 Å². The minimum absolute atomic E-state index is 0.631. The van der Waals surface area contributed by atoms with Crippen LogP contribution in [-0.4, -0.2) is 36.2 Å². The van der Waals surface area contributed by atoms with Crippen molar-refractivity contribution >= 4 is 17.4 Å². The van der Waals surface area contributed by atoms with Crippen LogP contribution in [0.4, 0.5) is 5.82 Å². The van der Waals surface area contributed by atoms with E-state index in [-0.39, 0.29) is 0 Å². The highest BCUT2D eigenvalue weighted by Crippen LogP contribution is 2.15. The molecule has 0 bridgehead atoms. The highest BCUT2D eigenvalue weighted by Gasteiger charge is 2.17. The first-order valence-corrected chi connectivity index (χ1v) is 5.12. The van der Waals surface area contributed by atoms with E-state index in [2.05, 4.69) is 15.2 Å². The summed E-state index contributed by atoms with van der Waals surface area (Å²) in [5, 5.41) is 5.06. The summed E-state index contributed by atoms with van der Waals surface area (Å²) in [5.41, 5.74) is 0. The van der Waals surface area contributed by atoms with E-state index in [1.165, 1.54) is 5.01 Å². The molecule has 0 atom stereocenters. The van der Waals surface area contributed by atoms with Gasteiger partial charge in [-0.25, -0.2) is 4.98 Å². The zero-order valence-electron chi connectivity index (χ0n) is 8.14. The van der Waals surface area contributed by atoms with Crippen molar-refractivity contribution in [1.82, 2.24) is 9.99 Å². The first kappa shape index (κ1) is 10.2. The van der Waals surface area contributed by atoms with Crippen LogP contribution in [-0.2, 0) is 0 Å². The highest BCUT2D eigenvalue weighted by atomic mass is 35.5. The summed E-state index contributed by atoms with van der Waals surface area (Å²) in [7, 11) is 0. The molecule has 1 aliphatic rings. The Morgan fingerprint density at radius 1 is 1.27 bits per heavy atom. The number of rotatable bonds is 2. The summed E-state index contributed by atoms with van der Waals surface area (Å²) in [5.74, 6) is 0.893. The van der Waals surface area contributed by atoms with Gasteiger partial charge < -0.3 is 4.90 Å². The number of hydrogen-bond donors (Lipinski definition) is 0. The van der Waals surface area contributed by atoms with Crippen molar-refractivity contribution in [3.63, 3.8) is 0 Å². The summed E-state index contributed by atoms with van der Waals surface area (Å²) in [4.78, 5) is 16.6. The second kappa shape index (κ2) is 4.44. The molecule has 1 aromatic heterocycles. The largest absolute Gasteiger partial charge is 0.353 e. The van der Waals surface area contributed by atoms with Gasteiger partial charge in [0.05, 0.1) is 23.4 Å². The second-order valence-electron chi connectivity index (χ2n) is 3.36. The number of piperazine rings is 1. The van der Waals surface area contributed by atoms with Crippen LogP contribution in [0.1, 0.15) is 0 Å². The Bertz CT molecular complexity index is 334. The lowest BCUT2D eigenvalue weighted by Crippen LogP contribution is -2.44. The van der Waals surface area contributed by atoms with E-state index in [0.717, 1.165) is 18.9 Å². The van der Waals surface area contributed by atoms with Gasteiger partial charge in [-0.15, -0.1) is 4.91 Å². The van der Waals surface area contributed by atoms with E-state index >= 15 is 0 Å². The summed E-state index contributed by atoms with van der Waals surface area (Å²) in [6.07, 6.45) is 1.63. The molecule has 0 radical (unpaired) electrons. The standard InChI is InChI=1S/C9H11ClN4O/c10-8-1-2-9(11-7-8)13-3-5-14(12-15)6-4-13/h1-2,7H,3-6H2. The molecule has 0 N–H and O–H groups in total. The fourth-order valence-electron chi connectivity index (χ4n) is 1.56. The van der Waals surface area contributed by atoms with Crippen molar-refractivity contribution < 1.29 is 0 Å². The molecule has 2 rings (SSSR count). The molecule has 15 heavy (non-hydrogen) atoms. The third-order valence-electron chi connectivity index (χ3n) is 2.41. The monoisotopic (exact) mass is 226 g/mol. The molecule has 0 saturated carbocycles. The van der Waals surface area contributed by atoms with Crippen molar-refractivity contribution in [2.75, 3.05) is 31.1 Å². The van der Waals surface area contributed by atoms with Crippen molar-refractivity contribution in [1.29, 1.82) is 0 Å². The molecule has 2 heterocycles. The Kier molecular flexibility index (Phi) is 3.01. The molecule has 6 heteroatoms. The third kappa shape index (κ3) is 2.36. The number of aromatic nitrogens is 1. The zero-order chi connectivity index (χ0) is 10.7. The second-order valence-corrected chi connectivity index (χ2v) is 3.79. The van der Waals surface area contributed by atoms with E-state index in [1.54, 1.807) is 6.20 Å². The first-order chi connectivity index (χ1) is 7.29. The maximum absolute atomic E-state index is 10.3. The lowest BCUT2D eigenvalue weighted by molar-refractivity contribution is 0.266. The third-order valence-corrected chi connectivity index (χ3v) is 2.63. The summed E-state index contributed by atoms with van der Waals surface area (Å²) in [6, 6.07) is 3.70. The van der Waals surface area contributed by atoms with Gasteiger partial charge in [0.25, 0.3) is 0 Å². The minimum atomic E-state index is 0.631. The summed E-state index contributed by atoms with van der Waals surface area (Å²) < 4.78 is 0. The van der Waals surface area contributed by atoms with Crippen LogP contribution in [0.3, 0.4) is 0 Å². The number of nitroso groups, excluding NO2 is 1. The molecule has 0 unspecified atom stereocenters. The molecular weight excluding hydrogens is 216 g/mol. The van der Waals surface area contributed by atoms with E-state index in [9.17, 15) is 4.91 Å². The normalized spacial score (nSPS) is 16.6. The van der Waals surface area contributed by atoms with Gasteiger partial charge in [0.1, 0.15) is 5.82 Å². The molecule has 1 aliphatic heterocycles. The summed E-state index contributed by atoms with van der Waals surface area (Å²) >= 11 is 5.75. The van der Waals surface area contributed by atoms with Gasteiger partial charge in [-0.2, -0.15) is 0 Å². The molecule has 5 nitrogen and oxygen atoms in total. The average Bonchev–Trinajstić information content (AvgIpc) is 2.30. The Morgan fingerprint density at radius 2 is 2.00 bits per heavy atom. The molecular formula is C9H11ClN4O. The SMILES string of the molecule is O=NN1CCN(c2ccc(Cl)cn2)CC1. The van der Waals surface area contributed by atoms with E-state index in [1.807, 2.05) is 12.1 Å². The van der Waals surface area contributed by atoms with Crippen LogP contribution in [0.5, 0.6) is 0 Å². The lowest BCUT2D eigenvalue weighted by Gasteiger charge is -2.31.